The van der Waals surface area contributed by atoms with Crippen LogP contribution in [0, 0.1) is 0 Å². The molecular formula is C42H28N2S. The first-order valence-corrected chi connectivity index (χ1v) is 16.5. The molecule has 0 fully saturated rings. The maximum atomic E-state index is 2.47. The van der Waals surface area contributed by atoms with Gasteiger partial charge < -0.3 is 9.13 Å². The Bertz CT molecular complexity index is 2710. The Balaban J connectivity index is 1.19. The SMILES string of the molecule is C1=CC(n2c3ccccc3c3cc(-c4ccc5c(c4)c4ccccc4n5-c4cccc5c4sc4ccccc45)ccc32)=CCC1. The summed E-state index contributed by atoms with van der Waals surface area (Å²) in [6, 6.07) is 47.2. The summed E-state index contributed by atoms with van der Waals surface area (Å²) in [5, 5.41) is 7.80. The van der Waals surface area contributed by atoms with Crippen molar-refractivity contribution in [2.24, 2.45) is 0 Å². The molecule has 0 unspecified atom stereocenters. The van der Waals surface area contributed by atoms with Crippen LogP contribution in [0.4, 0.5) is 0 Å². The van der Waals surface area contributed by atoms with Gasteiger partial charge >= 0.3 is 0 Å². The van der Waals surface area contributed by atoms with Crippen LogP contribution in [-0.2, 0) is 0 Å². The lowest BCUT2D eigenvalue weighted by Crippen LogP contribution is -1.96. The highest BCUT2D eigenvalue weighted by Crippen LogP contribution is 2.42. The third kappa shape index (κ3) is 3.62. The third-order valence-electron chi connectivity index (χ3n) is 9.54. The lowest BCUT2D eigenvalue weighted by Gasteiger charge is -2.12. The van der Waals surface area contributed by atoms with Crippen LogP contribution < -0.4 is 0 Å². The van der Waals surface area contributed by atoms with Crippen LogP contribution in [0.1, 0.15) is 12.8 Å². The average molecular weight is 593 g/mol. The second-order valence-electron chi connectivity index (χ2n) is 12.0. The molecule has 3 aromatic heterocycles. The lowest BCUT2D eigenvalue weighted by atomic mass is 10.0. The number of rotatable bonds is 3. The molecule has 2 nitrogen and oxygen atoms in total. The van der Waals surface area contributed by atoms with E-state index in [2.05, 4.69) is 155 Å². The fourth-order valence-electron chi connectivity index (χ4n) is 7.52. The molecule has 1 aliphatic carbocycles. The number of allylic oxidation sites excluding steroid dienone is 4. The number of hydrogen-bond donors (Lipinski definition) is 0. The van der Waals surface area contributed by atoms with Crippen LogP contribution in [0.25, 0.3) is 86.3 Å². The first kappa shape index (κ1) is 25.0. The molecule has 3 heteroatoms. The molecule has 9 aromatic rings. The van der Waals surface area contributed by atoms with Crippen LogP contribution in [-0.4, -0.2) is 9.13 Å². The van der Waals surface area contributed by atoms with Gasteiger partial charge in [-0.1, -0.05) is 91.0 Å². The van der Waals surface area contributed by atoms with Gasteiger partial charge in [-0.15, -0.1) is 11.3 Å². The van der Waals surface area contributed by atoms with Crippen LogP contribution in [0.5, 0.6) is 0 Å². The lowest BCUT2D eigenvalue weighted by molar-refractivity contribution is 1.02. The number of nitrogens with zero attached hydrogens (tertiary/aromatic N) is 2. The number of hydrogen-bond acceptors (Lipinski definition) is 1. The third-order valence-corrected chi connectivity index (χ3v) is 10.7. The first-order valence-electron chi connectivity index (χ1n) is 15.7. The quantitative estimate of drug-likeness (QED) is 0.193. The van der Waals surface area contributed by atoms with Crippen molar-refractivity contribution >= 4 is 80.8 Å². The minimum Gasteiger partial charge on any atom is -0.310 e. The van der Waals surface area contributed by atoms with E-state index in [1.165, 1.54) is 86.3 Å². The van der Waals surface area contributed by atoms with E-state index in [0.717, 1.165) is 12.8 Å². The highest BCUT2D eigenvalue weighted by atomic mass is 32.1. The Hall–Kier alpha value is -5.38. The van der Waals surface area contributed by atoms with Crippen molar-refractivity contribution in [1.82, 2.24) is 9.13 Å². The summed E-state index contributed by atoms with van der Waals surface area (Å²) in [4.78, 5) is 0. The summed E-state index contributed by atoms with van der Waals surface area (Å²) in [6.07, 6.45) is 9.12. The van der Waals surface area contributed by atoms with Gasteiger partial charge in [-0.2, -0.15) is 0 Å². The van der Waals surface area contributed by atoms with Gasteiger partial charge in [0, 0.05) is 42.7 Å². The zero-order valence-corrected chi connectivity index (χ0v) is 25.4. The molecule has 0 aliphatic heterocycles. The van der Waals surface area contributed by atoms with Gasteiger partial charge in [0.1, 0.15) is 0 Å². The summed E-state index contributed by atoms with van der Waals surface area (Å²) in [6.45, 7) is 0. The van der Waals surface area contributed by atoms with Crippen LogP contribution in [0.2, 0.25) is 0 Å². The molecule has 0 radical (unpaired) electrons. The predicted molar refractivity (Wildman–Crippen MR) is 195 cm³/mol. The molecule has 6 aromatic carbocycles. The molecule has 3 heterocycles. The van der Waals surface area contributed by atoms with E-state index in [1.54, 1.807) is 0 Å². The highest BCUT2D eigenvalue weighted by molar-refractivity contribution is 7.26. The molecule has 0 amide bonds. The average Bonchev–Trinajstić information content (AvgIpc) is 3.76. The van der Waals surface area contributed by atoms with E-state index in [-0.39, 0.29) is 0 Å². The normalized spacial score (nSPS) is 13.6. The van der Waals surface area contributed by atoms with E-state index in [0.29, 0.717) is 0 Å². The highest BCUT2D eigenvalue weighted by Gasteiger charge is 2.18. The number of benzene rings is 6. The van der Waals surface area contributed by atoms with Crippen molar-refractivity contribution in [3.05, 3.63) is 146 Å². The van der Waals surface area contributed by atoms with Crippen molar-refractivity contribution in [3.8, 4) is 16.8 Å². The van der Waals surface area contributed by atoms with Crippen LogP contribution >= 0.6 is 11.3 Å². The molecule has 0 atom stereocenters. The van der Waals surface area contributed by atoms with E-state index >= 15 is 0 Å². The molecule has 0 bridgehead atoms. The van der Waals surface area contributed by atoms with Gasteiger partial charge in [0.05, 0.1) is 32.5 Å². The molecule has 10 rings (SSSR count). The Morgan fingerprint density at radius 3 is 1.78 bits per heavy atom. The Morgan fingerprint density at radius 2 is 1.07 bits per heavy atom. The summed E-state index contributed by atoms with van der Waals surface area (Å²) >= 11 is 1.89. The standard InChI is InChI=1S/C42H28N2S/c1-2-11-29(12-3-1)43-36-17-7-4-13-30(36)34-25-27(21-23-38(34)43)28-22-24-39-35(26-28)31-14-5-8-18-37(31)44(39)40-19-10-16-33-32-15-6-9-20-41(32)45-42(33)40/h2,4-26H,1,3H2. The Labute approximate surface area is 264 Å². The van der Waals surface area contributed by atoms with Crippen molar-refractivity contribution in [2.75, 3.05) is 0 Å². The summed E-state index contributed by atoms with van der Waals surface area (Å²) in [7, 11) is 0. The number of aromatic nitrogens is 2. The Morgan fingerprint density at radius 1 is 0.467 bits per heavy atom. The monoisotopic (exact) mass is 592 g/mol. The fourth-order valence-corrected chi connectivity index (χ4v) is 8.72. The zero-order chi connectivity index (χ0) is 29.5. The topological polar surface area (TPSA) is 9.86 Å². The van der Waals surface area contributed by atoms with Crippen LogP contribution in [0.3, 0.4) is 0 Å². The predicted octanol–water partition coefficient (Wildman–Crippen LogP) is 12.1. The van der Waals surface area contributed by atoms with Gasteiger partial charge in [0.25, 0.3) is 0 Å². The second-order valence-corrected chi connectivity index (χ2v) is 13.1. The smallest absolute Gasteiger partial charge is 0.0640 e. The molecule has 0 saturated carbocycles. The van der Waals surface area contributed by atoms with E-state index < -0.39 is 0 Å². The maximum absolute atomic E-state index is 2.47. The number of thiophene rings is 1. The fraction of sp³-hybridized carbons (Fsp3) is 0.0476. The second kappa shape index (κ2) is 9.56. The minimum atomic E-state index is 1.09. The molecule has 0 N–H and O–H groups in total. The minimum absolute atomic E-state index is 1.09. The van der Waals surface area contributed by atoms with Crippen molar-refractivity contribution in [2.45, 2.75) is 12.8 Å². The van der Waals surface area contributed by atoms with Crippen LogP contribution in [0.15, 0.2) is 146 Å². The summed E-state index contributed by atoms with van der Waals surface area (Å²) < 4.78 is 7.55. The van der Waals surface area contributed by atoms with Gasteiger partial charge in [-0.3, -0.25) is 0 Å². The molecule has 0 saturated heterocycles. The van der Waals surface area contributed by atoms with Gasteiger partial charge in [0.15, 0.2) is 0 Å². The first-order chi connectivity index (χ1) is 22.3. The van der Waals surface area contributed by atoms with Crippen molar-refractivity contribution in [1.29, 1.82) is 0 Å². The summed E-state index contributed by atoms with van der Waals surface area (Å²) in [5.41, 5.74) is 9.98. The zero-order valence-electron chi connectivity index (χ0n) is 24.6. The Kier molecular flexibility index (Phi) is 5.31. The van der Waals surface area contributed by atoms with Gasteiger partial charge in [-0.25, -0.2) is 0 Å². The molecule has 0 spiro atoms. The van der Waals surface area contributed by atoms with E-state index in [4.69, 9.17) is 0 Å². The molecule has 45 heavy (non-hydrogen) atoms. The maximum Gasteiger partial charge on any atom is 0.0640 e. The van der Waals surface area contributed by atoms with Gasteiger partial charge in [-0.05, 0) is 78.6 Å². The molecule has 212 valence electrons. The van der Waals surface area contributed by atoms with E-state index in [1.807, 2.05) is 11.3 Å². The largest absolute Gasteiger partial charge is 0.310 e. The van der Waals surface area contributed by atoms with E-state index in [9.17, 15) is 0 Å². The molecular weight excluding hydrogens is 565 g/mol. The molecule has 1 aliphatic rings. The van der Waals surface area contributed by atoms with Crippen molar-refractivity contribution < 1.29 is 0 Å². The van der Waals surface area contributed by atoms with Crippen molar-refractivity contribution in [3.63, 3.8) is 0 Å². The number of para-hydroxylation sites is 2. The summed E-state index contributed by atoms with van der Waals surface area (Å²) in [5.74, 6) is 0. The van der Waals surface area contributed by atoms with Gasteiger partial charge in [0.2, 0.25) is 0 Å². The number of fused-ring (bicyclic) bond motifs is 9.